The molecule has 3 nitrogen and oxygen atoms in total. The Bertz CT molecular complexity index is 306. The average Bonchev–Trinajstić information content (AvgIpc) is 2.18. The number of hydrogen-bond acceptors (Lipinski definition) is 2. The summed E-state index contributed by atoms with van der Waals surface area (Å²) in [5.41, 5.74) is 7.19. The first-order valence-electron chi connectivity index (χ1n) is 4.71. The monoisotopic (exact) mass is 193 g/mol. The molecular formula is C11H15NO2. The van der Waals surface area contributed by atoms with Gasteiger partial charge in [-0.1, -0.05) is 19.1 Å². The molecule has 0 aliphatic carbocycles. The number of nitrogens with two attached hydrogens (primary N) is 1. The number of carboxylic acids is 1. The van der Waals surface area contributed by atoms with Crippen molar-refractivity contribution in [2.24, 2.45) is 5.73 Å². The molecule has 0 aromatic heterocycles. The van der Waals surface area contributed by atoms with Crippen LogP contribution in [0.3, 0.4) is 0 Å². The minimum atomic E-state index is -0.892. The zero-order valence-corrected chi connectivity index (χ0v) is 8.23. The van der Waals surface area contributed by atoms with Gasteiger partial charge in [-0.05, 0) is 30.5 Å². The van der Waals surface area contributed by atoms with Crippen LogP contribution in [-0.2, 0) is 6.42 Å². The molecule has 1 aromatic rings. The van der Waals surface area contributed by atoms with Crippen molar-refractivity contribution in [2.45, 2.75) is 25.8 Å². The summed E-state index contributed by atoms with van der Waals surface area (Å²) in [5.74, 6) is -0.892. The normalized spacial score (nSPS) is 12.4. The molecule has 0 saturated heterocycles. The summed E-state index contributed by atoms with van der Waals surface area (Å²) in [4.78, 5) is 10.6. The highest BCUT2D eigenvalue weighted by molar-refractivity contribution is 5.87. The second-order valence-electron chi connectivity index (χ2n) is 3.37. The largest absolute Gasteiger partial charge is 0.478 e. The first-order chi connectivity index (χ1) is 6.63. The average molecular weight is 193 g/mol. The fourth-order valence-corrected chi connectivity index (χ4v) is 1.23. The van der Waals surface area contributed by atoms with E-state index in [2.05, 4.69) is 0 Å². The third kappa shape index (κ3) is 2.85. The summed E-state index contributed by atoms with van der Waals surface area (Å²) >= 11 is 0. The molecule has 0 aliphatic rings. The highest BCUT2D eigenvalue weighted by Crippen LogP contribution is 2.07. The lowest BCUT2D eigenvalue weighted by Gasteiger charge is -2.08. The summed E-state index contributed by atoms with van der Waals surface area (Å²) < 4.78 is 0. The van der Waals surface area contributed by atoms with Gasteiger partial charge in [-0.3, -0.25) is 0 Å². The Balaban J connectivity index is 2.68. The van der Waals surface area contributed by atoms with Gasteiger partial charge in [-0.2, -0.15) is 0 Å². The fraction of sp³-hybridized carbons (Fsp3) is 0.364. The molecule has 1 unspecified atom stereocenters. The van der Waals surface area contributed by atoms with Crippen molar-refractivity contribution in [2.75, 3.05) is 0 Å². The number of rotatable bonds is 4. The molecule has 0 fully saturated rings. The Hall–Kier alpha value is -1.35. The highest BCUT2D eigenvalue weighted by Gasteiger charge is 2.04. The maximum Gasteiger partial charge on any atom is 0.335 e. The summed E-state index contributed by atoms with van der Waals surface area (Å²) in [6.45, 7) is 2.04. The van der Waals surface area contributed by atoms with Gasteiger partial charge in [0.25, 0.3) is 0 Å². The second kappa shape index (κ2) is 4.77. The molecule has 0 heterocycles. The number of benzene rings is 1. The zero-order chi connectivity index (χ0) is 10.6. The Labute approximate surface area is 83.6 Å². The quantitative estimate of drug-likeness (QED) is 0.764. The minimum Gasteiger partial charge on any atom is -0.478 e. The van der Waals surface area contributed by atoms with Gasteiger partial charge in [0.15, 0.2) is 0 Å². The molecule has 0 aliphatic heterocycles. The molecule has 0 amide bonds. The lowest BCUT2D eigenvalue weighted by molar-refractivity contribution is 0.0697. The maximum absolute atomic E-state index is 10.6. The Morgan fingerprint density at radius 2 is 2.00 bits per heavy atom. The van der Waals surface area contributed by atoms with Crippen molar-refractivity contribution in [1.29, 1.82) is 0 Å². The fourth-order valence-electron chi connectivity index (χ4n) is 1.23. The van der Waals surface area contributed by atoms with Gasteiger partial charge in [0.05, 0.1) is 5.56 Å². The summed E-state index contributed by atoms with van der Waals surface area (Å²) in [5, 5.41) is 8.68. The predicted octanol–water partition coefficient (Wildman–Crippen LogP) is 1.66. The highest BCUT2D eigenvalue weighted by atomic mass is 16.4. The van der Waals surface area contributed by atoms with E-state index in [0.717, 1.165) is 18.4 Å². The van der Waals surface area contributed by atoms with Gasteiger partial charge in [-0.25, -0.2) is 4.79 Å². The third-order valence-electron chi connectivity index (χ3n) is 2.22. The van der Waals surface area contributed by atoms with E-state index in [1.54, 1.807) is 12.1 Å². The maximum atomic E-state index is 10.6. The van der Waals surface area contributed by atoms with E-state index in [0.29, 0.717) is 5.56 Å². The molecular weight excluding hydrogens is 178 g/mol. The summed E-state index contributed by atoms with van der Waals surface area (Å²) in [6.07, 6.45) is 1.73. The van der Waals surface area contributed by atoms with Crippen LogP contribution in [0.4, 0.5) is 0 Å². The predicted molar refractivity (Wildman–Crippen MR) is 55.4 cm³/mol. The number of hydrogen-bond donors (Lipinski definition) is 2. The van der Waals surface area contributed by atoms with Crippen LogP contribution >= 0.6 is 0 Å². The lowest BCUT2D eigenvalue weighted by Crippen LogP contribution is -2.21. The topological polar surface area (TPSA) is 63.3 Å². The molecule has 0 spiro atoms. The molecule has 1 rings (SSSR count). The Kier molecular flexibility index (Phi) is 3.65. The second-order valence-corrected chi connectivity index (χ2v) is 3.37. The molecule has 0 saturated carbocycles. The van der Waals surface area contributed by atoms with Crippen LogP contribution < -0.4 is 5.73 Å². The molecule has 3 N–H and O–H groups in total. The van der Waals surface area contributed by atoms with E-state index in [9.17, 15) is 4.79 Å². The van der Waals surface area contributed by atoms with Crippen LogP contribution in [-0.4, -0.2) is 17.1 Å². The van der Waals surface area contributed by atoms with Gasteiger partial charge < -0.3 is 10.8 Å². The van der Waals surface area contributed by atoms with Crippen LogP contribution in [0, 0.1) is 0 Å². The summed E-state index contributed by atoms with van der Waals surface area (Å²) in [7, 11) is 0. The van der Waals surface area contributed by atoms with Crippen molar-refractivity contribution >= 4 is 5.97 Å². The van der Waals surface area contributed by atoms with E-state index >= 15 is 0 Å². The van der Waals surface area contributed by atoms with E-state index < -0.39 is 5.97 Å². The number of carbonyl (C=O) groups is 1. The van der Waals surface area contributed by atoms with Crippen LogP contribution in [0.15, 0.2) is 24.3 Å². The smallest absolute Gasteiger partial charge is 0.335 e. The van der Waals surface area contributed by atoms with Crippen LogP contribution in [0.2, 0.25) is 0 Å². The third-order valence-corrected chi connectivity index (χ3v) is 2.22. The first-order valence-corrected chi connectivity index (χ1v) is 4.71. The number of aromatic carboxylic acids is 1. The Morgan fingerprint density at radius 1 is 1.43 bits per heavy atom. The van der Waals surface area contributed by atoms with Gasteiger partial charge in [0.1, 0.15) is 0 Å². The molecule has 0 radical (unpaired) electrons. The molecule has 76 valence electrons. The van der Waals surface area contributed by atoms with Crippen molar-refractivity contribution in [3.8, 4) is 0 Å². The lowest BCUT2D eigenvalue weighted by atomic mass is 10.0. The van der Waals surface area contributed by atoms with Gasteiger partial charge >= 0.3 is 5.97 Å². The molecule has 1 aromatic carbocycles. The number of carboxylic acid groups (broad SMARTS) is 1. The first kappa shape index (κ1) is 10.7. The van der Waals surface area contributed by atoms with Crippen LogP contribution in [0.5, 0.6) is 0 Å². The van der Waals surface area contributed by atoms with Crippen molar-refractivity contribution in [3.63, 3.8) is 0 Å². The molecule has 14 heavy (non-hydrogen) atoms. The van der Waals surface area contributed by atoms with Crippen molar-refractivity contribution < 1.29 is 9.90 Å². The van der Waals surface area contributed by atoms with Crippen LogP contribution in [0.1, 0.15) is 29.3 Å². The van der Waals surface area contributed by atoms with E-state index in [4.69, 9.17) is 10.8 Å². The zero-order valence-electron chi connectivity index (χ0n) is 8.23. The van der Waals surface area contributed by atoms with Gasteiger partial charge in [0, 0.05) is 6.04 Å². The Morgan fingerprint density at radius 3 is 2.43 bits per heavy atom. The van der Waals surface area contributed by atoms with Gasteiger partial charge in [-0.15, -0.1) is 0 Å². The van der Waals surface area contributed by atoms with E-state index in [-0.39, 0.29) is 6.04 Å². The minimum absolute atomic E-state index is 0.158. The standard InChI is InChI=1S/C11H15NO2/c1-2-10(12)7-8-3-5-9(6-4-8)11(13)14/h3-6,10H,2,7,12H2,1H3,(H,13,14). The van der Waals surface area contributed by atoms with Crippen molar-refractivity contribution in [3.05, 3.63) is 35.4 Å². The summed E-state index contributed by atoms with van der Waals surface area (Å²) in [6, 6.07) is 7.02. The van der Waals surface area contributed by atoms with Crippen LogP contribution in [0.25, 0.3) is 0 Å². The molecule has 0 bridgehead atoms. The van der Waals surface area contributed by atoms with E-state index in [1.807, 2.05) is 19.1 Å². The molecule has 1 atom stereocenters. The van der Waals surface area contributed by atoms with Crippen molar-refractivity contribution in [1.82, 2.24) is 0 Å². The molecule has 3 heteroatoms. The van der Waals surface area contributed by atoms with Gasteiger partial charge in [0.2, 0.25) is 0 Å². The SMILES string of the molecule is CCC(N)Cc1ccc(C(=O)O)cc1. The van der Waals surface area contributed by atoms with E-state index in [1.165, 1.54) is 0 Å².